The minimum absolute atomic E-state index is 0.734. The van der Waals surface area contributed by atoms with Crippen LogP contribution in [0.3, 0.4) is 0 Å². The molecule has 1 aliphatic rings. The Labute approximate surface area is 93.4 Å². The molecule has 0 saturated carbocycles. The van der Waals surface area contributed by atoms with E-state index < -0.39 is 0 Å². The Balaban J connectivity index is 2.27. The minimum Gasteiger partial charge on any atom is -0.381 e. The van der Waals surface area contributed by atoms with E-state index in [2.05, 4.69) is 31.5 Å². The maximum absolute atomic E-state index is 5.37. The van der Waals surface area contributed by atoms with Gasteiger partial charge in [0.05, 0.1) is 0 Å². The fourth-order valence-corrected chi connectivity index (χ4v) is 2.37. The maximum Gasteiger partial charge on any atom is 0.0480 e. The average Bonchev–Trinajstić information content (AvgIpc) is 2.26. The number of nitrogens with zero attached hydrogens (tertiary/aromatic N) is 1. The maximum atomic E-state index is 5.37. The number of rotatable bonds is 5. The topological polar surface area (TPSA) is 12.5 Å². The molecule has 0 aromatic heterocycles. The van der Waals surface area contributed by atoms with Gasteiger partial charge in [-0.05, 0) is 31.6 Å². The molecule has 0 amide bonds. The number of hydrogen-bond donors (Lipinski definition) is 1. The molecule has 1 heterocycles. The second kappa shape index (κ2) is 6.70. The summed E-state index contributed by atoms with van der Waals surface area (Å²) in [6.45, 7) is 5.31. The number of thiol groups is 1. The lowest BCUT2D eigenvalue weighted by molar-refractivity contribution is 0.0391. The molecule has 0 aliphatic carbocycles. The van der Waals surface area contributed by atoms with E-state index in [0.29, 0.717) is 0 Å². The number of hydrogen-bond acceptors (Lipinski definition) is 3. The molecule has 1 fully saturated rings. The summed E-state index contributed by atoms with van der Waals surface area (Å²) in [7, 11) is 2.24. The standard InChI is InChI=1S/C11H23NOS/c1-3-10(9-14)8-12(2)11-4-6-13-7-5-11/h10-11,14H,3-9H2,1-2H3. The highest BCUT2D eigenvalue weighted by atomic mass is 32.1. The molecule has 0 spiro atoms. The van der Waals surface area contributed by atoms with Crippen molar-refractivity contribution >= 4 is 12.6 Å². The van der Waals surface area contributed by atoms with Gasteiger partial charge in [-0.2, -0.15) is 12.6 Å². The summed E-state index contributed by atoms with van der Waals surface area (Å²) in [6.07, 6.45) is 3.62. The van der Waals surface area contributed by atoms with E-state index in [1.54, 1.807) is 0 Å². The van der Waals surface area contributed by atoms with Gasteiger partial charge in [-0.1, -0.05) is 13.3 Å². The Kier molecular flexibility index (Phi) is 5.90. The van der Waals surface area contributed by atoms with Crippen molar-refractivity contribution in [1.29, 1.82) is 0 Å². The zero-order valence-corrected chi connectivity index (χ0v) is 10.3. The predicted octanol–water partition coefficient (Wildman–Crippen LogP) is 2.05. The van der Waals surface area contributed by atoms with Gasteiger partial charge < -0.3 is 9.64 Å². The first-order valence-corrected chi connectivity index (χ1v) is 6.30. The van der Waals surface area contributed by atoms with Crippen molar-refractivity contribution in [3.63, 3.8) is 0 Å². The summed E-state index contributed by atoms with van der Waals surface area (Å²) in [5, 5.41) is 0. The largest absolute Gasteiger partial charge is 0.381 e. The fraction of sp³-hybridized carbons (Fsp3) is 1.00. The van der Waals surface area contributed by atoms with Crippen LogP contribution in [-0.4, -0.2) is 43.5 Å². The van der Waals surface area contributed by atoms with Crippen molar-refractivity contribution in [2.24, 2.45) is 5.92 Å². The molecule has 0 N–H and O–H groups in total. The van der Waals surface area contributed by atoms with E-state index in [-0.39, 0.29) is 0 Å². The van der Waals surface area contributed by atoms with Gasteiger partial charge in [0.15, 0.2) is 0 Å². The molecule has 3 heteroatoms. The van der Waals surface area contributed by atoms with E-state index in [9.17, 15) is 0 Å². The molecule has 0 aromatic rings. The lowest BCUT2D eigenvalue weighted by Gasteiger charge is -2.33. The monoisotopic (exact) mass is 217 g/mol. The van der Waals surface area contributed by atoms with Gasteiger partial charge in [0.1, 0.15) is 0 Å². The summed E-state index contributed by atoms with van der Waals surface area (Å²) in [5.74, 6) is 1.75. The highest BCUT2D eigenvalue weighted by Crippen LogP contribution is 2.15. The molecule has 1 saturated heterocycles. The van der Waals surface area contributed by atoms with Crippen LogP contribution >= 0.6 is 12.6 Å². The molecular weight excluding hydrogens is 194 g/mol. The molecule has 2 nitrogen and oxygen atoms in total. The molecule has 0 radical (unpaired) electrons. The molecule has 1 atom stereocenters. The summed E-state index contributed by atoms with van der Waals surface area (Å²) < 4.78 is 5.37. The smallest absolute Gasteiger partial charge is 0.0480 e. The summed E-state index contributed by atoms with van der Waals surface area (Å²) in [6, 6.07) is 0.734. The Bertz CT molecular complexity index is 144. The SMILES string of the molecule is CCC(CS)CN(C)C1CCOCC1. The molecule has 0 aromatic carbocycles. The quantitative estimate of drug-likeness (QED) is 0.708. The van der Waals surface area contributed by atoms with Crippen molar-refractivity contribution in [1.82, 2.24) is 4.90 Å². The van der Waals surface area contributed by atoms with Crippen LogP contribution < -0.4 is 0 Å². The average molecular weight is 217 g/mol. The van der Waals surface area contributed by atoms with E-state index in [1.807, 2.05) is 0 Å². The van der Waals surface area contributed by atoms with E-state index in [4.69, 9.17) is 4.74 Å². The highest BCUT2D eigenvalue weighted by Gasteiger charge is 2.19. The van der Waals surface area contributed by atoms with Crippen LogP contribution in [0, 0.1) is 5.92 Å². The van der Waals surface area contributed by atoms with Crippen molar-refractivity contribution in [2.45, 2.75) is 32.2 Å². The lowest BCUT2D eigenvalue weighted by Crippen LogP contribution is -2.39. The van der Waals surface area contributed by atoms with Crippen molar-refractivity contribution in [2.75, 3.05) is 32.6 Å². The number of ether oxygens (including phenoxy) is 1. The summed E-state index contributed by atoms with van der Waals surface area (Å²) in [5.41, 5.74) is 0. The molecule has 1 aliphatic heterocycles. The van der Waals surface area contributed by atoms with Gasteiger partial charge in [0.2, 0.25) is 0 Å². The molecule has 14 heavy (non-hydrogen) atoms. The molecule has 84 valence electrons. The zero-order chi connectivity index (χ0) is 10.4. The molecular formula is C11H23NOS. The third kappa shape index (κ3) is 3.79. The molecule has 1 rings (SSSR count). The Hall–Kier alpha value is 0.270. The van der Waals surface area contributed by atoms with Crippen molar-refractivity contribution in [3.8, 4) is 0 Å². The second-order valence-electron chi connectivity index (χ2n) is 4.24. The van der Waals surface area contributed by atoms with E-state index in [1.165, 1.54) is 25.8 Å². The first-order valence-electron chi connectivity index (χ1n) is 5.66. The van der Waals surface area contributed by atoms with Crippen LogP contribution in [0.4, 0.5) is 0 Å². The van der Waals surface area contributed by atoms with Crippen LogP contribution in [0.25, 0.3) is 0 Å². The highest BCUT2D eigenvalue weighted by molar-refractivity contribution is 7.80. The van der Waals surface area contributed by atoms with Gasteiger partial charge >= 0.3 is 0 Å². The molecule has 0 bridgehead atoms. The van der Waals surface area contributed by atoms with Gasteiger partial charge in [0.25, 0.3) is 0 Å². The normalized spacial score (nSPS) is 21.4. The van der Waals surface area contributed by atoms with Crippen molar-refractivity contribution in [3.05, 3.63) is 0 Å². The fourth-order valence-electron chi connectivity index (χ4n) is 2.00. The van der Waals surface area contributed by atoms with Gasteiger partial charge in [-0.3, -0.25) is 0 Å². The predicted molar refractivity (Wildman–Crippen MR) is 64.1 cm³/mol. The Morgan fingerprint density at radius 3 is 2.57 bits per heavy atom. The van der Waals surface area contributed by atoms with Crippen LogP contribution in [0.1, 0.15) is 26.2 Å². The molecule has 1 unspecified atom stereocenters. The van der Waals surface area contributed by atoms with Gasteiger partial charge in [0, 0.05) is 25.8 Å². The van der Waals surface area contributed by atoms with Crippen LogP contribution in [0.15, 0.2) is 0 Å². The van der Waals surface area contributed by atoms with Gasteiger partial charge in [-0.15, -0.1) is 0 Å². The van der Waals surface area contributed by atoms with Crippen LogP contribution in [-0.2, 0) is 4.74 Å². The van der Waals surface area contributed by atoms with Crippen molar-refractivity contribution < 1.29 is 4.74 Å². The third-order valence-electron chi connectivity index (χ3n) is 3.20. The van der Waals surface area contributed by atoms with Crippen LogP contribution in [0.5, 0.6) is 0 Å². The van der Waals surface area contributed by atoms with E-state index in [0.717, 1.165) is 30.9 Å². The third-order valence-corrected chi connectivity index (χ3v) is 3.71. The summed E-state index contributed by atoms with van der Waals surface area (Å²) >= 11 is 4.38. The first-order chi connectivity index (χ1) is 6.77. The minimum atomic E-state index is 0.734. The van der Waals surface area contributed by atoms with E-state index >= 15 is 0 Å². The van der Waals surface area contributed by atoms with Gasteiger partial charge in [-0.25, -0.2) is 0 Å². The first kappa shape index (κ1) is 12.3. The Morgan fingerprint density at radius 2 is 2.07 bits per heavy atom. The Morgan fingerprint density at radius 1 is 1.43 bits per heavy atom. The summed E-state index contributed by atoms with van der Waals surface area (Å²) in [4.78, 5) is 2.49. The lowest BCUT2D eigenvalue weighted by atomic mass is 10.0. The van der Waals surface area contributed by atoms with Crippen LogP contribution in [0.2, 0.25) is 0 Å². The zero-order valence-electron chi connectivity index (χ0n) is 9.41. The second-order valence-corrected chi connectivity index (χ2v) is 4.61.